The number of nitrogens with one attached hydrogen (secondary N) is 3. The summed E-state index contributed by atoms with van der Waals surface area (Å²) in [7, 11) is 2.06. The number of carbonyl (C=O) groups is 1. The molecule has 690 valence electrons. The Morgan fingerprint density at radius 3 is 1.29 bits per heavy atom. The van der Waals surface area contributed by atoms with E-state index in [1.807, 2.05) is 174 Å². The number of fused-ring (bicyclic) bond motifs is 8. The third-order valence-electron chi connectivity index (χ3n) is 30.5. The van der Waals surface area contributed by atoms with Gasteiger partial charge in [0.15, 0.2) is 0 Å². The number of hydrogen-bond acceptors (Lipinski definition) is 26. The molecule has 0 radical (unpaired) electrons. The van der Waals surface area contributed by atoms with Gasteiger partial charge >= 0.3 is 0 Å². The molecule has 0 bridgehead atoms. The second-order valence-corrected chi connectivity index (χ2v) is 41.5. The monoisotopic (exact) mass is 2060 g/mol. The fourth-order valence-corrected chi connectivity index (χ4v) is 24.6. The lowest BCUT2D eigenvalue weighted by atomic mass is 9.80. The summed E-state index contributed by atoms with van der Waals surface area (Å²) in [4.78, 5) is 93.0. The molecule has 15 N–H and O–H groups in total. The van der Waals surface area contributed by atoms with Crippen LogP contribution in [0.3, 0.4) is 0 Å². The van der Waals surface area contributed by atoms with Crippen LogP contribution in [0.5, 0.6) is 0 Å². The summed E-state index contributed by atoms with van der Waals surface area (Å²) < 4.78 is 10.4. The van der Waals surface area contributed by atoms with Crippen LogP contribution in [0.15, 0.2) is 199 Å². The van der Waals surface area contributed by atoms with E-state index in [0.29, 0.717) is 95.7 Å². The van der Waals surface area contributed by atoms with Crippen molar-refractivity contribution in [3.05, 3.63) is 244 Å². The van der Waals surface area contributed by atoms with Gasteiger partial charge in [-0.3, -0.25) is 19.3 Å². The number of nitrogen functional groups attached to an aromatic ring is 2. The number of carbonyl (C=O) groups excluding carboxylic acids is 1. The number of aromatic amines is 2. The molecular weight excluding hydrogens is 1970 g/mol. The number of aliphatic hydroxyl groups excluding tert-OH is 8. The molecule has 4 saturated heterocycles. The number of aryl methyl sites for hydroxylation is 4. The zero-order valence-electron chi connectivity index (χ0n) is 73.5. The molecule has 16 aromatic rings. The molecule has 33 nitrogen and oxygen atoms in total. The predicted octanol–water partition coefficient (Wildman–Crippen LogP) is 11.7. The highest BCUT2D eigenvalue weighted by molar-refractivity contribution is 9.11. The molecule has 4 saturated carbocycles. The average molecular weight is 2070 g/mol. The van der Waals surface area contributed by atoms with Crippen LogP contribution in [0.25, 0.3) is 87.7 Å². The number of anilines is 4. The number of rotatable bonds is 8. The number of H-pyrrole nitrogens is 2. The Kier molecular flexibility index (Phi) is 22.8. The quantitative estimate of drug-likeness (QED) is 0.0672. The first-order chi connectivity index (χ1) is 64.3. The number of likely N-dealkylation sites (tertiary alicyclic amines) is 1. The minimum atomic E-state index is -1.04. The summed E-state index contributed by atoms with van der Waals surface area (Å²) in [6.45, 7) is 10.8. The molecule has 4 aliphatic carbocycles. The molecule has 8 fully saturated rings. The highest BCUT2D eigenvalue weighted by Crippen LogP contribution is 2.59. The second-order valence-electron chi connectivity index (χ2n) is 38.1. The fourth-order valence-electron chi connectivity index (χ4n) is 23.3. The molecule has 1 amide bonds. The molecule has 4 aliphatic heterocycles. The van der Waals surface area contributed by atoms with Gasteiger partial charge < -0.3 is 95.7 Å². The van der Waals surface area contributed by atoms with E-state index in [9.17, 15) is 55.2 Å². The number of hydrogen-bond donors (Lipinski definition) is 13. The first kappa shape index (κ1) is 89.5. The normalized spacial score (nSPS) is 28.4. The first-order valence-corrected chi connectivity index (χ1v) is 47.9. The van der Waals surface area contributed by atoms with Crippen molar-refractivity contribution in [1.82, 2.24) is 88.3 Å². The molecule has 4 aromatic carbocycles. The number of pyridine rings is 4. The smallest absolute Gasteiger partial charge is 0.262 e. The SMILES string of the molecule is Cc1ncnc2c1ccn2C1CC2(CC(=O)N(c3ccc4cc(Br)c(N)nc4c3)C2)C(O)C1O.Cc1ncnc2c1ccn2C1CC2(CC(c3ccc4cc(Br)c(=O)[nH]c4c3)N(C)C2)C(O)C1O.Cc1ncnc2c1ccn2C1CC2(CCN(c3ccc4cc(Br)c(N)nc4c3)C2)C(O)C1O.Cc1ncnc2c1ccn2C1CC2(CNC(c3ccc4cc(Br)c(=O)[nH]c4c3)C2)C(O)C1O. The Morgan fingerprint density at radius 1 is 0.410 bits per heavy atom. The standard InChI is InChI=1S/C25H26BrN5O3.C24H23BrN6O3.C24H25BrN6O2.C24H24BrN5O3/c1-13-16-5-6-31(23(16)28-12-27-13)20-10-25(22(33)21(20)32)9-19(30(2)11-25)15-4-3-14-7-17(26)24(34)29-18(14)8-15;1-12-15-4-5-30(23(15)28-11-27-12)18-8-24(21(34)20(18)33)9-19(32)31(10-24)14-3-2-13-6-16(25)22(26)29-17(13)7-14;1-13-16-4-6-31(23(16)28-12-27-13)19-10-24(21(33)20(19)32)5-7-30(11-24)15-3-2-14-8-17(25)22(26)29-18(14)9-15;1-12-15-4-5-30(22(15)28-11-27-12)19-9-24(21(32)20(19)31)8-18(26-10-24)14-3-2-13-6-16(25)23(33)29-17(13)7-14/h3-8,12,19-22,32-33H,9-11H2,1-2H3,(H,29,34);2-7,11,18,20-21,33-34H,8-10H2,1H3,(H2,26,29);2-4,6,8-9,12,19-21,32-33H,5,7,10-11H2,1H3,(H2,26,29);2-7,11,18-21,26,31-32H,8-10H2,1H3,(H,29,33). The lowest BCUT2D eigenvalue weighted by molar-refractivity contribution is -0.118. The Hall–Kier alpha value is -11.0. The van der Waals surface area contributed by atoms with Gasteiger partial charge in [0.25, 0.3) is 11.1 Å². The number of nitrogens with two attached hydrogens (primary N) is 2. The van der Waals surface area contributed by atoms with Crippen LogP contribution in [-0.2, 0) is 4.79 Å². The van der Waals surface area contributed by atoms with Crippen molar-refractivity contribution in [3.8, 4) is 0 Å². The van der Waals surface area contributed by atoms with Crippen molar-refractivity contribution < 1.29 is 45.6 Å². The van der Waals surface area contributed by atoms with Crippen molar-refractivity contribution in [1.29, 1.82) is 0 Å². The van der Waals surface area contributed by atoms with E-state index in [0.717, 1.165) is 145 Å². The van der Waals surface area contributed by atoms with E-state index in [2.05, 4.69) is 164 Å². The van der Waals surface area contributed by atoms with Gasteiger partial charge in [-0.1, -0.05) is 36.4 Å². The number of aromatic nitrogens is 16. The van der Waals surface area contributed by atoms with E-state index in [1.54, 1.807) is 17.6 Å². The van der Waals surface area contributed by atoms with Gasteiger partial charge in [0.05, 0.1) is 100 Å². The molecule has 8 aliphatic rings. The van der Waals surface area contributed by atoms with Gasteiger partial charge in [-0.05, 0) is 250 Å². The molecule has 24 rings (SSSR count). The van der Waals surface area contributed by atoms with Crippen LogP contribution in [0.1, 0.15) is 122 Å². The average Bonchev–Trinajstić information content (AvgIpc) is 1.59. The molecular formula is C97H98Br4N22O11. The van der Waals surface area contributed by atoms with E-state index in [1.165, 1.54) is 12.7 Å². The third kappa shape index (κ3) is 15.2. The van der Waals surface area contributed by atoms with Crippen molar-refractivity contribution in [3.63, 3.8) is 0 Å². The first-order valence-electron chi connectivity index (χ1n) is 44.7. The zero-order chi connectivity index (χ0) is 93.4. The van der Waals surface area contributed by atoms with Gasteiger partial charge in [-0.15, -0.1) is 0 Å². The van der Waals surface area contributed by atoms with Gasteiger partial charge in [0.2, 0.25) is 5.91 Å². The van der Waals surface area contributed by atoms with Gasteiger partial charge in [0, 0.05) is 152 Å². The number of halogens is 4. The summed E-state index contributed by atoms with van der Waals surface area (Å²) >= 11 is 13.4. The van der Waals surface area contributed by atoms with Crippen LogP contribution in [0.2, 0.25) is 0 Å². The summed E-state index contributed by atoms with van der Waals surface area (Å²) in [6, 6.07) is 38.3. The zero-order valence-corrected chi connectivity index (χ0v) is 79.9. The van der Waals surface area contributed by atoms with Crippen molar-refractivity contribution >= 4 is 180 Å². The third-order valence-corrected chi connectivity index (χ3v) is 32.9. The molecule has 16 heterocycles. The molecule has 18 unspecified atom stereocenters. The van der Waals surface area contributed by atoms with Crippen molar-refractivity contribution in [2.75, 3.05) is 61.0 Å². The number of nitrogens with zero attached hydrogens (tertiary/aromatic N) is 17. The summed E-state index contributed by atoms with van der Waals surface area (Å²) in [5.74, 6) is 0.753. The largest absolute Gasteiger partial charge is 0.390 e. The van der Waals surface area contributed by atoms with E-state index in [-0.39, 0.29) is 59.1 Å². The Balaban J connectivity index is 0.000000107. The van der Waals surface area contributed by atoms with Crippen LogP contribution in [0.4, 0.5) is 23.0 Å². The molecule has 37 heteroatoms. The number of benzene rings is 4. The van der Waals surface area contributed by atoms with Crippen LogP contribution < -0.4 is 37.7 Å². The van der Waals surface area contributed by atoms with E-state index < -0.39 is 71.1 Å². The van der Waals surface area contributed by atoms with E-state index in [4.69, 9.17) is 11.5 Å². The van der Waals surface area contributed by atoms with Crippen molar-refractivity contribution in [2.45, 2.75) is 164 Å². The topological polar surface area (TPSA) is 467 Å². The van der Waals surface area contributed by atoms with E-state index >= 15 is 0 Å². The van der Waals surface area contributed by atoms with Crippen molar-refractivity contribution in [2.24, 2.45) is 21.7 Å². The fraction of sp³-hybridized carbons (Fsp3) is 0.371. The maximum Gasteiger partial charge on any atom is 0.262 e. The van der Waals surface area contributed by atoms with Gasteiger partial charge in [-0.25, -0.2) is 49.8 Å². The molecule has 134 heavy (non-hydrogen) atoms. The van der Waals surface area contributed by atoms with Crippen LogP contribution >= 0.6 is 63.7 Å². The van der Waals surface area contributed by atoms with Crippen LogP contribution in [-0.4, -0.2) is 218 Å². The maximum atomic E-state index is 13.1. The lowest BCUT2D eigenvalue weighted by Gasteiger charge is -2.29. The Labute approximate surface area is 799 Å². The second kappa shape index (κ2) is 34.1. The minimum Gasteiger partial charge on any atom is -0.390 e. The lowest BCUT2D eigenvalue weighted by Crippen LogP contribution is -2.38. The predicted molar refractivity (Wildman–Crippen MR) is 523 cm³/mol. The maximum absolute atomic E-state index is 13.1. The summed E-state index contributed by atoms with van der Waals surface area (Å²) in [5, 5.41) is 100. The number of amides is 1. The van der Waals surface area contributed by atoms with Crippen LogP contribution in [0, 0.1) is 49.4 Å². The number of aliphatic hydroxyl groups is 8. The Morgan fingerprint density at radius 2 is 0.806 bits per heavy atom. The Bertz CT molecular complexity index is 7540. The van der Waals surface area contributed by atoms with Gasteiger partial charge in [0.1, 0.15) is 83.9 Å². The minimum absolute atomic E-state index is 0.0214. The summed E-state index contributed by atoms with van der Waals surface area (Å²) in [5.41, 5.74) is 23.2. The van der Waals surface area contributed by atoms with Gasteiger partial charge in [-0.2, -0.15) is 0 Å². The molecule has 4 spiro atoms. The molecule has 18 atom stereocenters. The summed E-state index contributed by atoms with van der Waals surface area (Å²) in [6.07, 6.45) is 11.5. The highest BCUT2D eigenvalue weighted by atomic mass is 79.9. The highest BCUT2D eigenvalue weighted by Gasteiger charge is 2.62. The molecule has 12 aromatic heterocycles.